The highest BCUT2D eigenvalue weighted by molar-refractivity contribution is 5.87. The molecule has 2 saturated heterocycles. The average molecular weight is 883 g/mol. The van der Waals surface area contributed by atoms with Gasteiger partial charge in [-0.15, -0.1) is 0 Å². The fourth-order valence-corrected chi connectivity index (χ4v) is 7.67. The van der Waals surface area contributed by atoms with Gasteiger partial charge in [0.25, 0.3) is 0 Å². The van der Waals surface area contributed by atoms with Crippen LogP contribution in [-0.4, -0.2) is 114 Å². The molecule has 0 N–H and O–H groups in total. The van der Waals surface area contributed by atoms with Gasteiger partial charge in [0.05, 0.1) is 0 Å². The van der Waals surface area contributed by atoms with Crippen molar-refractivity contribution in [3.05, 3.63) is 84.0 Å². The molecule has 3 fully saturated rings. The second-order valence-electron chi connectivity index (χ2n) is 16.6. The second-order valence-corrected chi connectivity index (χ2v) is 16.6. The van der Waals surface area contributed by atoms with Gasteiger partial charge in [0, 0.05) is 16.6 Å². The fraction of sp³-hybridized carbons (Fsp3) is 0.511. The number of hydrogen-bond donors (Lipinski definition) is 0. The molecule has 18 heteroatoms. The van der Waals surface area contributed by atoms with E-state index in [4.69, 9.17) is 47.4 Å². The van der Waals surface area contributed by atoms with Crippen molar-refractivity contribution in [1.29, 1.82) is 0 Å². The summed E-state index contributed by atoms with van der Waals surface area (Å²) < 4.78 is 62.5. The van der Waals surface area contributed by atoms with E-state index in [-0.39, 0.29) is 69.4 Å². The number of esters is 2. The third kappa shape index (κ3) is 14.3. The number of rotatable bonds is 20. The monoisotopic (exact) mass is 882 g/mol. The van der Waals surface area contributed by atoms with Crippen molar-refractivity contribution in [3.63, 3.8) is 0 Å². The van der Waals surface area contributed by atoms with E-state index in [0.29, 0.717) is 17.4 Å². The molecule has 1 aliphatic carbocycles. The SMILES string of the molecule is C=C(C)C(=O)OCC(COc1ccc(C2(c3ccc(OCC(COC(=O)C(=C)C)OC(=O)OCC4COC(=O)O4)cc3)CC(C)CC(C)(C)C2)cc1)OC(=O)OCC1COC(=O)O1. The van der Waals surface area contributed by atoms with Crippen LogP contribution < -0.4 is 9.47 Å². The Labute approximate surface area is 364 Å². The molecular formula is C45H54O18. The largest absolute Gasteiger partial charge is 0.508 e. The number of carbonyl (C=O) groups excluding carboxylic acids is 6. The van der Waals surface area contributed by atoms with Crippen LogP contribution in [-0.2, 0) is 62.4 Å². The van der Waals surface area contributed by atoms with E-state index in [1.54, 1.807) is 0 Å². The minimum atomic E-state index is -1.08. The van der Waals surface area contributed by atoms with Gasteiger partial charge in [-0.3, -0.25) is 0 Å². The van der Waals surface area contributed by atoms with Gasteiger partial charge in [-0.2, -0.15) is 0 Å². The number of ether oxygens (including phenoxy) is 12. The summed E-state index contributed by atoms with van der Waals surface area (Å²) >= 11 is 0. The molecular weight excluding hydrogens is 828 g/mol. The van der Waals surface area contributed by atoms with Crippen LogP contribution in [0, 0.1) is 11.3 Å². The highest BCUT2D eigenvalue weighted by Gasteiger charge is 2.45. The van der Waals surface area contributed by atoms with Crippen molar-refractivity contribution in [2.75, 3.05) is 52.9 Å². The molecule has 5 rings (SSSR count). The van der Waals surface area contributed by atoms with E-state index in [1.807, 2.05) is 48.5 Å². The van der Waals surface area contributed by atoms with Gasteiger partial charge in [0.15, 0.2) is 24.4 Å². The summed E-state index contributed by atoms with van der Waals surface area (Å²) in [6.07, 6.45) is -4.82. The summed E-state index contributed by atoms with van der Waals surface area (Å²) in [5, 5.41) is 0. The molecule has 2 aromatic rings. The van der Waals surface area contributed by atoms with Crippen LogP contribution in [0.3, 0.4) is 0 Å². The van der Waals surface area contributed by atoms with E-state index in [9.17, 15) is 28.8 Å². The molecule has 18 nitrogen and oxygen atoms in total. The lowest BCUT2D eigenvalue weighted by atomic mass is 9.55. The molecule has 2 aliphatic heterocycles. The number of benzene rings is 2. The molecule has 63 heavy (non-hydrogen) atoms. The Kier molecular flexibility index (Phi) is 16.3. The smallest absolute Gasteiger partial charge is 0.490 e. The normalized spacial score (nSPS) is 22.0. The lowest BCUT2D eigenvalue weighted by Gasteiger charge is -2.48. The Morgan fingerprint density at radius 3 is 1.41 bits per heavy atom. The third-order valence-corrected chi connectivity index (χ3v) is 10.2. The number of hydrogen-bond acceptors (Lipinski definition) is 18. The van der Waals surface area contributed by atoms with Crippen LogP contribution in [0.25, 0.3) is 0 Å². The standard InChI is InChI=1S/C45H54O18/c1-27(2)38(46)54-20-34(60-40(48)56-22-36-24-58-42(50)62-36)18-52-32-12-8-30(9-13-32)45(17-29(5)16-44(6,7)26-45)31-10-14-33(15-11-31)53-19-35(21-55-39(47)28(3)4)61-41(49)57-23-37-25-59-43(51)63-37/h8-15,29,34-37H,1,3,16-26H2,2,4-7H3. The minimum absolute atomic E-state index is 0.0122. The Balaban J connectivity index is 1.26. The van der Waals surface area contributed by atoms with E-state index < -0.39 is 66.4 Å². The predicted molar refractivity (Wildman–Crippen MR) is 218 cm³/mol. The van der Waals surface area contributed by atoms with Gasteiger partial charge >= 0.3 is 36.6 Å². The highest BCUT2D eigenvalue weighted by Crippen LogP contribution is 2.53. The first-order valence-electron chi connectivity index (χ1n) is 20.4. The molecule has 5 unspecified atom stereocenters. The molecule has 0 spiro atoms. The van der Waals surface area contributed by atoms with Crippen molar-refractivity contribution >= 4 is 36.6 Å². The molecule has 1 saturated carbocycles. The zero-order valence-electron chi connectivity index (χ0n) is 36.0. The van der Waals surface area contributed by atoms with Crippen molar-refractivity contribution in [1.82, 2.24) is 0 Å². The van der Waals surface area contributed by atoms with Crippen molar-refractivity contribution in [2.24, 2.45) is 11.3 Å². The number of carbonyl (C=O) groups is 6. The molecule has 0 radical (unpaired) electrons. The van der Waals surface area contributed by atoms with E-state index >= 15 is 0 Å². The lowest BCUT2D eigenvalue weighted by molar-refractivity contribution is -0.143. The van der Waals surface area contributed by atoms with E-state index in [0.717, 1.165) is 30.4 Å². The maximum atomic E-state index is 12.5. The molecule has 2 aromatic carbocycles. The molecule has 3 aliphatic rings. The van der Waals surface area contributed by atoms with Crippen LogP contribution >= 0.6 is 0 Å². The van der Waals surface area contributed by atoms with Crippen molar-refractivity contribution in [3.8, 4) is 11.5 Å². The summed E-state index contributed by atoms with van der Waals surface area (Å²) in [7, 11) is 0. The zero-order valence-corrected chi connectivity index (χ0v) is 36.0. The van der Waals surface area contributed by atoms with Crippen molar-refractivity contribution in [2.45, 2.75) is 83.7 Å². The second kappa shape index (κ2) is 21.6. The number of cyclic esters (lactones) is 4. The molecule has 342 valence electrons. The minimum Gasteiger partial charge on any atom is -0.490 e. The average Bonchev–Trinajstić information content (AvgIpc) is 3.86. The summed E-state index contributed by atoms with van der Waals surface area (Å²) in [6, 6.07) is 15.3. The summed E-state index contributed by atoms with van der Waals surface area (Å²) in [5.74, 6) is -0.0391. The van der Waals surface area contributed by atoms with Gasteiger partial charge < -0.3 is 56.8 Å². The Bertz CT molecular complexity index is 1850. The third-order valence-electron chi connectivity index (χ3n) is 10.2. The molecule has 0 amide bonds. The Hall–Kier alpha value is -6.46. The first kappa shape index (κ1) is 47.6. The Morgan fingerprint density at radius 2 is 1.06 bits per heavy atom. The van der Waals surface area contributed by atoms with Gasteiger partial charge in [-0.05, 0) is 79.8 Å². The zero-order chi connectivity index (χ0) is 45.7. The van der Waals surface area contributed by atoms with Crippen LogP contribution in [0.15, 0.2) is 72.8 Å². The molecule has 0 bridgehead atoms. The lowest BCUT2D eigenvalue weighted by Crippen LogP contribution is -2.41. The molecule has 0 aromatic heterocycles. The van der Waals surface area contributed by atoms with Crippen LogP contribution in [0.1, 0.15) is 65.0 Å². The summed E-state index contributed by atoms with van der Waals surface area (Å²) in [6.45, 7) is 15.1. The predicted octanol–water partition coefficient (Wildman–Crippen LogP) is 6.93. The summed E-state index contributed by atoms with van der Waals surface area (Å²) in [4.78, 5) is 71.6. The van der Waals surface area contributed by atoms with Gasteiger partial charge in [0.1, 0.15) is 64.4 Å². The van der Waals surface area contributed by atoms with Crippen LogP contribution in [0.2, 0.25) is 0 Å². The van der Waals surface area contributed by atoms with Gasteiger partial charge in [0.2, 0.25) is 0 Å². The maximum Gasteiger partial charge on any atom is 0.508 e. The van der Waals surface area contributed by atoms with E-state index in [2.05, 4.69) is 43.4 Å². The maximum absolute atomic E-state index is 12.5. The Morgan fingerprint density at radius 1 is 0.651 bits per heavy atom. The first-order valence-corrected chi connectivity index (χ1v) is 20.4. The van der Waals surface area contributed by atoms with E-state index in [1.165, 1.54) is 13.8 Å². The van der Waals surface area contributed by atoms with Gasteiger partial charge in [-0.25, -0.2) is 28.8 Å². The van der Waals surface area contributed by atoms with Crippen LogP contribution in [0.4, 0.5) is 19.2 Å². The topological polar surface area (TPSA) is 213 Å². The highest BCUT2D eigenvalue weighted by atomic mass is 16.8. The first-order chi connectivity index (χ1) is 29.9. The van der Waals surface area contributed by atoms with Crippen molar-refractivity contribution < 1.29 is 85.6 Å². The fourth-order valence-electron chi connectivity index (χ4n) is 7.67. The quantitative estimate of drug-likeness (QED) is 0.0749. The van der Waals surface area contributed by atoms with Crippen LogP contribution in [0.5, 0.6) is 11.5 Å². The van der Waals surface area contributed by atoms with Gasteiger partial charge in [-0.1, -0.05) is 58.2 Å². The summed E-state index contributed by atoms with van der Waals surface area (Å²) in [5.41, 5.74) is 2.00. The molecule has 5 atom stereocenters. The molecule has 2 heterocycles.